The summed E-state index contributed by atoms with van der Waals surface area (Å²) in [6, 6.07) is 6.06. The SMILES string of the molecule is CC(=O)N1CCN(C2CCC(CC3(N)NC(=NCc4ccccc4OC(F)(F)F)NC=C3[N+](=O)[O-])CC2)CC1. The smallest absolute Gasteiger partial charge is 0.405 e. The van der Waals surface area contributed by atoms with E-state index >= 15 is 0 Å². The van der Waals surface area contributed by atoms with Gasteiger partial charge >= 0.3 is 12.1 Å². The van der Waals surface area contributed by atoms with Gasteiger partial charge < -0.3 is 20.3 Å². The number of benzene rings is 1. The zero-order valence-electron chi connectivity index (χ0n) is 21.7. The lowest BCUT2D eigenvalue weighted by Crippen LogP contribution is -2.64. The number of amides is 1. The van der Waals surface area contributed by atoms with Crippen LogP contribution in [0.1, 0.15) is 44.6 Å². The lowest BCUT2D eigenvalue weighted by Gasteiger charge is -2.43. The maximum absolute atomic E-state index is 12.7. The van der Waals surface area contributed by atoms with Crippen LogP contribution in [0.15, 0.2) is 41.2 Å². The van der Waals surface area contributed by atoms with Crippen LogP contribution in [-0.2, 0) is 11.3 Å². The molecule has 2 aliphatic heterocycles. The number of piperazine rings is 1. The summed E-state index contributed by atoms with van der Waals surface area (Å²) in [6.45, 7) is 4.56. The molecule has 1 aliphatic carbocycles. The van der Waals surface area contributed by atoms with E-state index in [-0.39, 0.29) is 41.3 Å². The normalized spacial score (nSPS) is 27.4. The third-order valence-corrected chi connectivity index (χ3v) is 7.65. The quantitative estimate of drug-likeness (QED) is 0.346. The molecule has 11 nitrogen and oxygen atoms in total. The summed E-state index contributed by atoms with van der Waals surface area (Å²) in [7, 11) is 0. The van der Waals surface area contributed by atoms with E-state index in [1.165, 1.54) is 24.4 Å². The van der Waals surface area contributed by atoms with E-state index in [0.29, 0.717) is 12.5 Å². The minimum absolute atomic E-state index is 0.0949. The number of nitrogens with one attached hydrogen (secondary N) is 2. The second-order valence-electron chi connectivity index (χ2n) is 10.3. The van der Waals surface area contributed by atoms with E-state index in [4.69, 9.17) is 5.73 Å². The summed E-state index contributed by atoms with van der Waals surface area (Å²) in [4.78, 5) is 31.4. The Labute approximate surface area is 224 Å². The molecule has 2 fully saturated rings. The van der Waals surface area contributed by atoms with Crippen LogP contribution in [0, 0.1) is 16.0 Å². The summed E-state index contributed by atoms with van der Waals surface area (Å²) < 4.78 is 42.3. The first kappa shape index (κ1) is 28.6. The molecule has 1 aromatic carbocycles. The summed E-state index contributed by atoms with van der Waals surface area (Å²) in [5, 5.41) is 17.4. The number of carbonyl (C=O) groups excluding carboxylic acids is 1. The molecule has 1 amide bonds. The molecule has 0 radical (unpaired) electrons. The lowest BCUT2D eigenvalue weighted by atomic mass is 9.79. The third-order valence-electron chi connectivity index (χ3n) is 7.65. The van der Waals surface area contributed by atoms with Crippen LogP contribution < -0.4 is 21.1 Å². The molecule has 1 saturated heterocycles. The van der Waals surface area contributed by atoms with E-state index < -0.39 is 16.9 Å². The summed E-state index contributed by atoms with van der Waals surface area (Å²) >= 11 is 0. The van der Waals surface area contributed by atoms with E-state index in [1.807, 2.05) is 4.90 Å². The number of rotatable bonds is 7. The van der Waals surface area contributed by atoms with Crippen molar-refractivity contribution in [2.24, 2.45) is 16.6 Å². The van der Waals surface area contributed by atoms with Crippen LogP contribution in [-0.4, -0.2) is 70.8 Å². The van der Waals surface area contributed by atoms with E-state index in [1.54, 1.807) is 13.0 Å². The van der Waals surface area contributed by atoms with Gasteiger partial charge in [0.05, 0.1) is 17.7 Å². The molecule has 0 aromatic heterocycles. The van der Waals surface area contributed by atoms with Crippen molar-refractivity contribution >= 4 is 11.9 Å². The Morgan fingerprint density at radius 3 is 2.49 bits per heavy atom. The molecule has 1 saturated carbocycles. The van der Waals surface area contributed by atoms with Crippen molar-refractivity contribution in [2.75, 3.05) is 26.2 Å². The standard InChI is InChI=1S/C25H34F3N7O4/c1-17(36)33-10-12-34(13-11-33)20-8-6-18(7-9-20)14-24(29)22(35(37)38)16-31-23(32-24)30-15-19-4-2-3-5-21(19)39-25(26,27)28/h2-5,16,18,20H,6-15,29H2,1H3,(H2,30,31,32). The fraction of sp³-hybridized carbons (Fsp3) is 0.600. The number of halogens is 3. The van der Waals surface area contributed by atoms with Crippen LogP contribution in [0.3, 0.4) is 0 Å². The van der Waals surface area contributed by atoms with Gasteiger partial charge in [0.15, 0.2) is 11.6 Å². The van der Waals surface area contributed by atoms with Crippen LogP contribution in [0.2, 0.25) is 0 Å². The molecule has 3 aliphatic rings. The van der Waals surface area contributed by atoms with Crippen LogP contribution in [0.5, 0.6) is 5.75 Å². The van der Waals surface area contributed by atoms with Gasteiger partial charge in [-0.3, -0.25) is 25.5 Å². The van der Waals surface area contributed by atoms with Crippen LogP contribution in [0.25, 0.3) is 0 Å². The minimum Gasteiger partial charge on any atom is -0.405 e. The Bertz CT molecular complexity index is 1110. The summed E-state index contributed by atoms with van der Waals surface area (Å²) in [5.74, 6) is -0.00884. The first-order valence-electron chi connectivity index (χ1n) is 13.0. The average Bonchev–Trinajstić information content (AvgIpc) is 2.87. The van der Waals surface area contributed by atoms with Crippen molar-refractivity contribution in [3.05, 3.63) is 51.8 Å². The predicted octanol–water partition coefficient (Wildman–Crippen LogP) is 2.52. The first-order valence-corrected chi connectivity index (χ1v) is 13.0. The Morgan fingerprint density at radius 1 is 1.21 bits per heavy atom. The van der Waals surface area contributed by atoms with Gasteiger partial charge in [0.25, 0.3) is 0 Å². The molecular weight excluding hydrogens is 519 g/mol. The van der Waals surface area contributed by atoms with E-state index in [0.717, 1.165) is 51.9 Å². The molecule has 39 heavy (non-hydrogen) atoms. The van der Waals surface area contributed by atoms with Crippen molar-refractivity contribution in [2.45, 2.75) is 63.6 Å². The number of ether oxygens (including phenoxy) is 1. The number of hydrogen-bond acceptors (Lipinski definition) is 7. The van der Waals surface area contributed by atoms with Gasteiger partial charge in [-0.1, -0.05) is 18.2 Å². The van der Waals surface area contributed by atoms with Gasteiger partial charge in [-0.25, -0.2) is 4.99 Å². The molecule has 1 atom stereocenters. The Morgan fingerprint density at radius 2 is 1.87 bits per heavy atom. The molecule has 1 unspecified atom stereocenters. The second-order valence-corrected chi connectivity index (χ2v) is 10.3. The van der Waals surface area contributed by atoms with Crippen molar-refractivity contribution < 1.29 is 27.6 Å². The van der Waals surface area contributed by atoms with Gasteiger partial charge in [0.1, 0.15) is 5.75 Å². The average molecular weight is 554 g/mol. The maximum Gasteiger partial charge on any atom is 0.573 e. The molecule has 0 bridgehead atoms. The summed E-state index contributed by atoms with van der Waals surface area (Å²) in [5.41, 5.74) is 5.03. The van der Waals surface area contributed by atoms with Crippen molar-refractivity contribution in [3.63, 3.8) is 0 Å². The number of carbonyl (C=O) groups is 1. The second kappa shape index (κ2) is 11.8. The van der Waals surface area contributed by atoms with Crippen LogP contribution >= 0.6 is 0 Å². The Balaban J connectivity index is 1.38. The number of guanidine groups is 1. The summed E-state index contributed by atoms with van der Waals surface area (Å²) in [6.07, 6.45) is 0.229. The van der Waals surface area contributed by atoms with Crippen LogP contribution in [0.4, 0.5) is 13.2 Å². The highest BCUT2D eigenvalue weighted by atomic mass is 19.4. The van der Waals surface area contributed by atoms with E-state index in [2.05, 4.69) is 25.3 Å². The minimum atomic E-state index is -4.84. The van der Waals surface area contributed by atoms with Gasteiger partial charge in [-0.2, -0.15) is 0 Å². The Hall–Kier alpha value is -3.39. The third kappa shape index (κ3) is 7.38. The zero-order chi connectivity index (χ0) is 28.2. The largest absolute Gasteiger partial charge is 0.573 e. The van der Waals surface area contributed by atoms with Gasteiger partial charge in [-0.05, 0) is 44.1 Å². The number of aliphatic imine (C=N–C) groups is 1. The zero-order valence-corrected chi connectivity index (χ0v) is 21.7. The maximum atomic E-state index is 12.7. The fourth-order valence-corrected chi connectivity index (χ4v) is 5.63. The van der Waals surface area contributed by atoms with Crippen molar-refractivity contribution in [1.82, 2.24) is 20.4 Å². The monoisotopic (exact) mass is 553 g/mol. The number of nitrogens with zero attached hydrogens (tertiary/aromatic N) is 4. The Kier molecular flexibility index (Phi) is 8.64. The van der Waals surface area contributed by atoms with Gasteiger partial charge in [0, 0.05) is 44.7 Å². The van der Waals surface area contributed by atoms with Gasteiger partial charge in [0.2, 0.25) is 5.91 Å². The molecule has 214 valence electrons. The first-order chi connectivity index (χ1) is 18.4. The highest BCUT2D eigenvalue weighted by Crippen LogP contribution is 2.35. The molecule has 4 rings (SSSR count). The molecule has 14 heteroatoms. The number of alkyl halides is 3. The highest BCUT2D eigenvalue weighted by molar-refractivity contribution is 5.83. The van der Waals surface area contributed by atoms with E-state index in [9.17, 15) is 28.1 Å². The molecule has 0 spiro atoms. The topological polar surface area (TPSA) is 138 Å². The van der Waals surface area contributed by atoms with Gasteiger partial charge in [-0.15, -0.1) is 13.2 Å². The van der Waals surface area contributed by atoms with Crippen molar-refractivity contribution in [1.29, 1.82) is 0 Å². The predicted molar refractivity (Wildman–Crippen MR) is 137 cm³/mol. The molecule has 4 N–H and O–H groups in total. The number of para-hydroxylation sites is 1. The lowest BCUT2D eigenvalue weighted by molar-refractivity contribution is -0.437. The fourth-order valence-electron chi connectivity index (χ4n) is 5.63. The molecule has 2 heterocycles. The molecule has 1 aromatic rings. The number of nitro groups is 1. The highest BCUT2D eigenvalue weighted by Gasteiger charge is 2.45. The number of nitrogens with two attached hydrogens (primary N) is 1. The van der Waals surface area contributed by atoms with Crippen molar-refractivity contribution in [3.8, 4) is 5.75 Å². The number of hydrogen-bond donors (Lipinski definition) is 3. The molecular formula is C25H34F3N7O4.